The van der Waals surface area contributed by atoms with Crippen molar-refractivity contribution in [3.63, 3.8) is 0 Å². The zero-order chi connectivity index (χ0) is 16.7. The highest BCUT2D eigenvalue weighted by atomic mass is 35.5. The number of aromatic nitrogens is 1. The summed E-state index contributed by atoms with van der Waals surface area (Å²) in [7, 11) is 0. The molecule has 2 rings (SSSR count). The monoisotopic (exact) mass is 384 g/mol. The number of benzene rings is 1. The molecule has 0 aliphatic carbocycles. The third-order valence-electron chi connectivity index (χ3n) is 3.87. The van der Waals surface area contributed by atoms with Crippen LogP contribution in [0.3, 0.4) is 0 Å². The summed E-state index contributed by atoms with van der Waals surface area (Å²) < 4.78 is 0. The molecule has 0 atom stereocenters. The molecule has 0 fully saturated rings. The van der Waals surface area contributed by atoms with E-state index in [0.717, 1.165) is 25.2 Å². The number of halogens is 2. The van der Waals surface area contributed by atoms with Gasteiger partial charge < -0.3 is 11.1 Å². The van der Waals surface area contributed by atoms with Gasteiger partial charge in [-0.15, -0.1) is 24.8 Å². The summed E-state index contributed by atoms with van der Waals surface area (Å²) in [5.41, 5.74) is 8.87. The van der Waals surface area contributed by atoms with Crippen LogP contribution in [0.15, 0.2) is 42.6 Å². The normalized spacial score (nSPS) is 9.88. The molecule has 0 saturated heterocycles. The SMILES string of the molecule is CCN(CC)Cc1ccccc1CNC(=O)c1ccc(N)cn1.Cl.Cl. The minimum Gasteiger partial charge on any atom is -0.397 e. The van der Waals surface area contributed by atoms with Gasteiger partial charge in [-0.2, -0.15) is 0 Å². The molecule has 0 aliphatic heterocycles. The van der Waals surface area contributed by atoms with Gasteiger partial charge >= 0.3 is 0 Å². The number of carbonyl (C=O) groups is 1. The van der Waals surface area contributed by atoms with Crippen molar-refractivity contribution in [3.8, 4) is 0 Å². The molecule has 1 aromatic heterocycles. The number of pyridine rings is 1. The molecule has 0 unspecified atom stereocenters. The number of nitrogens with zero attached hydrogens (tertiary/aromatic N) is 2. The summed E-state index contributed by atoms with van der Waals surface area (Å²) in [5, 5.41) is 2.92. The molecule has 0 saturated carbocycles. The van der Waals surface area contributed by atoms with Gasteiger partial charge in [-0.25, -0.2) is 4.98 Å². The highest BCUT2D eigenvalue weighted by Gasteiger charge is 2.09. The van der Waals surface area contributed by atoms with Crippen molar-refractivity contribution in [3.05, 3.63) is 59.4 Å². The van der Waals surface area contributed by atoms with Crippen molar-refractivity contribution in [2.24, 2.45) is 0 Å². The Kier molecular flexibility index (Phi) is 10.8. The van der Waals surface area contributed by atoms with Crippen molar-refractivity contribution in [1.29, 1.82) is 0 Å². The lowest BCUT2D eigenvalue weighted by Gasteiger charge is -2.20. The van der Waals surface area contributed by atoms with Crippen molar-refractivity contribution in [2.45, 2.75) is 26.9 Å². The third kappa shape index (κ3) is 6.90. The van der Waals surface area contributed by atoms with Gasteiger partial charge in [-0.05, 0) is 36.3 Å². The lowest BCUT2D eigenvalue weighted by molar-refractivity contribution is 0.0946. The molecule has 5 nitrogen and oxygen atoms in total. The van der Waals surface area contributed by atoms with E-state index in [0.29, 0.717) is 17.9 Å². The minimum atomic E-state index is -0.192. The molecule has 3 N–H and O–H groups in total. The molecule has 0 bridgehead atoms. The molecule has 0 aliphatic rings. The van der Waals surface area contributed by atoms with E-state index in [9.17, 15) is 4.79 Å². The molecular formula is C18H26Cl2N4O. The topological polar surface area (TPSA) is 71.2 Å². The average Bonchev–Trinajstić information content (AvgIpc) is 2.59. The molecular weight excluding hydrogens is 359 g/mol. The van der Waals surface area contributed by atoms with Crippen LogP contribution in [0.1, 0.15) is 35.5 Å². The van der Waals surface area contributed by atoms with E-state index >= 15 is 0 Å². The van der Waals surface area contributed by atoms with Crippen molar-refractivity contribution < 1.29 is 4.79 Å². The van der Waals surface area contributed by atoms with Crippen molar-refractivity contribution in [2.75, 3.05) is 18.8 Å². The van der Waals surface area contributed by atoms with Crippen LogP contribution in [0.2, 0.25) is 0 Å². The number of hydrogen-bond acceptors (Lipinski definition) is 4. The number of rotatable bonds is 7. The van der Waals surface area contributed by atoms with Gasteiger partial charge in [0.05, 0.1) is 11.9 Å². The molecule has 1 heterocycles. The molecule has 25 heavy (non-hydrogen) atoms. The molecule has 1 amide bonds. The van der Waals surface area contributed by atoms with Gasteiger partial charge in [-0.3, -0.25) is 9.69 Å². The van der Waals surface area contributed by atoms with Crippen LogP contribution in [0, 0.1) is 0 Å². The Morgan fingerprint density at radius 3 is 2.28 bits per heavy atom. The zero-order valence-corrected chi connectivity index (χ0v) is 16.2. The zero-order valence-electron chi connectivity index (χ0n) is 14.6. The summed E-state index contributed by atoms with van der Waals surface area (Å²) in [6.07, 6.45) is 1.49. The molecule has 0 spiro atoms. The fraction of sp³-hybridized carbons (Fsp3) is 0.333. The second-order valence-corrected chi connectivity index (χ2v) is 5.39. The average molecular weight is 385 g/mol. The van der Waals surface area contributed by atoms with E-state index in [2.05, 4.69) is 41.2 Å². The van der Waals surface area contributed by atoms with Crippen LogP contribution in [-0.4, -0.2) is 28.9 Å². The maximum absolute atomic E-state index is 12.2. The summed E-state index contributed by atoms with van der Waals surface area (Å²) >= 11 is 0. The van der Waals surface area contributed by atoms with Crippen LogP contribution >= 0.6 is 24.8 Å². The van der Waals surface area contributed by atoms with Crippen molar-refractivity contribution in [1.82, 2.24) is 15.2 Å². The van der Waals surface area contributed by atoms with Crippen LogP contribution in [0.4, 0.5) is 5.69 Å². The lowest BCUT2D eigenvalue weighted by atomic mass is 10.1. The smallest absolute Gasteiger partial charge is 0.270 e. The predicted octanol–water partition coefficient (Wildman–Crippen LogP) is 3.28. The Labute approximate surface area is 161 Å². The first-order valence-electron chi connectivity index (χ1n) is 7.92. The van der Waals surface area contributed by atoms with Crippen molar-refractivity contribution >= 4 is 36.4 Å². The molecule has 0 radical (unpaired) electrons. The van der Waals surface area contributed by atoms with Gasteiger partial charge in [0, 0.05) is 13.1 Å². The minimum absolute atomic E-state index is 0. The number of hydrogen-bond donors (Lipinski definition) is 2. The first-order chi connectivity index (χ1) is 11.1. The quantitative estimate of drug-likeness (QED) is 0.768. The Morgan fingerprint density at radius 2 is 1.72 bits per heavy atom. The largest absolute Gasteiger partial charge is 0.397 e. The second-order valence-electron chi connectivity index (χ2n) is 5.39. The van der Waals surface area contributed by atoms with Gasteiger partial charge in [0.25, 0.3) is 5.91 Å². The van der Waals surface area contributed by atoms with E-state index in [1.165, 1.54) is 11.8 Å². The van der Waals surface area contributed by atoms with Crippen LogP contribution in [0.25, 0.3) is 0 Å². The Morgan fingerprint density at radius 1 is 1.08 bits per heavy atom. The standard InChI is InChI=1S/C18H24N4O.2ClH/c1-3-22(4-2)13-15-8-6-5-7-14(15)11-21-18(23)17-10-9-16(19)12-20-17;;/h5-10,12H,3-4,11,13,19H2,1-2H3,(H,21,23);2*1H. The highest BCUT2D eigenvalue weighted by Crippen LogP contribution is 2.12. The fourth-order valence-electron chi connectivity index (χ4n) is 2.38. The molecule has 138 valence electrons. The third-order valence-corrected chi connectivity index (χ3v) is 3.87. The second kappa shape index (κ2) is 11.7. The first-order valence-corrected chi connectivity index (χ1v) is 7.92. The predicted molar refractivity (Wildman–Crippen MR) is 107 cm³/mol. The summed E-state index contributed by atoms with van der Waals surface area (Å²) in [6.45, 7) is 7.70. The maximum Gasteiger partial charge on any atom is 0.270 e. The Bertz CT molecular complexity index is 646. The van der Waals surface area contributed by atoms with E-state index in [1.54, 1.807) is 12.1 Å². The maximum atomic E-state index is 12.2. The number of carbonyl (C=O) groups excluding carboxylic acids is 1. The van der Waals surface area contributed by atoms with E-state index in [-0.39, 0.29) is 30.7 Å². The molecule has 7 heteroatoms. The number of anilines is 1. The summed E-state index contributed by atoms with van der Waals surface area (Å²) in [4.78, 5) is 18.5. The van der Waals surface area contributed by atoms with E-state index < -0.39 is 0 Å². The number of nitrogen functional groups attached to an aromatic ring is 1. The van der Waals surface area contributed by atoms with E-state index in [4.69, 9.17) is 5.73 Å². The number of nitrogens with two attached hydrogens (primary N) is 1. The first kappa shape index (κ1) is 23.2. The lowest BCUT2D eigenvalue weighted by Crippen LogP contribution is -2.26. The number of amides is 1. The summed E-state index contributed by atoms with van der Waals surface area (Å²) in [6, 6.07) is 11.5. The van der Waals surface area contributed by atoms with Gasteiger partial charge in [-0.1, -0.05) is 38.1 Å². The molecule has 1 aromatic carbocycles. The van der Waals surface area contributed by atoms with Gasteiger partial charge in [0.15, 0.2) is 0 Å². The highest BCUT2D eigenvalue weighted by molar-refractivity contribution is 5.92. The Hall–Kier alpha value is -1.82. The van der Waals surface area contributed by atoms with Crippen LogP contribution in [-0.2, 0) is 13.1 Å². The fourth-order valence-corrected chi connectivity index (χ4v) is 2.38. The van der Waals surface area contributed by atoms with E-state index in [1.807, 2.05) is 12.1 Å². The number of nitrogens with one attached hydrogen (secondary N) is 1. The van der Waals surface area contributed by atoms with Crippen LogP contribution in [0.5, 0.6) is 0 Å². The molecule has 2 aromatic rings. The van der Waals surface area contributed by atoms with Crippen LogP contribution < -0.4 is 11.1 Å². The van der Waals surface area contributed by atoms with Gasteiger partial charge in [0.2, 0.25) is 0 Å². The summed E-state index contributed by atoms with van der Waals surface area (Å²) in [5.74, 6) is -0.192. The van der Waals surface area contributed by atoms with Gasteiger partial charge in [0.1, 0.15) is 5.69 Å². The Balaban J connectivity index is 0.00000288.